The molecule has 0 aliphatic heterocycles. The van der Waals surface area contributed by atoms with Gasteiger partial charge in [-0.25, -0.2) is 8.78 Å². The fourth-order valence-electron chi connectivity index (χ4n) is 1.83. The molecule has 0 aliphatic carbocycles. The quantitative estimate of drug-likeness (QED) is 0.608. The van der Waals surface area contributed by atoms with Gasteiger partial charge in [-0.2, -0.15) is 0 Å². The van der Waals surface area contributed by atoms with Gasteiger partial charge in [0.1, 0.15) is 17.5 Å². The van der Waals surface area contributed by atoms with Crippen molar-refractivity contribution in [3.05, 3.63) is 34.6 Å². The molecule has 0 saturated heterocycles. The summed E-state index contributed by atoms with van der Waals surface area (Å²) in [7, 11) is 0. The highest BCUT2D eigenvalue weighted by molar-refractivity contribution is 9.08. The summed E-state index contributed by atoms with van der Waals surface area (Å²) >= 11 is 8.84. The maximum atomic E-state index is 13.9. The number of hydrogen-bond donors (Lipinski definition) is 0. The zero-order chi connectivity index (χ0) is 14.2. The van der Waals surface area contributed by atoms with E-state index in [-0.39, 0.29) is 22.5 Å². The van der Waals surface area contributed by atoms with E-state index in [9.17, 15) is 8.78 Å². The van der Waals surface area contributed by atoms with Crippen LogP contribution in [0.25, 0.3) is 11.4 Å². The first-order chi connectivity index (χ1) is 8.95. The van der Waals surface area contributed by atoms with Crippen LogP contribution < -0.4 is 0 Å². The Kier molecular flexibility index (Phi) is 4.20. The fourth-order valence-corrected chi connectivity index (χ4v) is 2.37. The summed E-state index contributed by atoms with van der Waals surface area (Å²) in [5, 5.41) is 8.14. The van der Waals surface area contributed by atoms with Crippen molar-refractivity contribution in [1.29, 1.82) is 0 Å². The van der Waals surface area contributed by atoms with Crippen LogP contribution in [0.3, 0.4) is 0 Å². The van der Waals surface area contributed by atoms with E-state index in [2.05, 4.69) is 26.1 Å². The van der Waals surface area contributed by atoms with Crippen LogP contribution in [0.5, 0.6) is 0 Å². The Bertz CT molecular complexity index is 613. The molecule has 0 amide bonds. The number of halogens is 4. The molecule has 1 aromatic carbocycles. The summed E-state index contributed by atoms with van der Waals surface area (Å²) in [5.41, 5.74) is 0.0512. The molecule has 0 atom stereocenters. The molecule has 1 aromatic heterocycles. The van der Waals surface area contributed by atoms with Crippen LogP contribution >= 0.6 is 27.5 Å². The minimum atomic E-state index is -0.684. The molecule has 7 heteroatoms. The van der Waals surface area contributed by atoms with E-state index < -0.39 is 11.6 Å². The van der Waals surface area contributed by atoms with E-state index in [0.717, 1.165) is 12.1 Å². The van der Waals surface area contributed by atoms with Crippen molar-refractivity contribution in [3.8, 4) is 11.4 Å². The van der Waals surface area contributed by atoms with E-state index in [1.165, 1.54) is 0 Å². The number of benzene rings is 1. The van der Waals surface area contributed by atoms with Gasteiger partial charge in [0.05, 0.1) is 15.9 Å². The van der Waals surface area contributed by atoms with Crippen LogP contribution in [0.2, 0.25) is 5.02 Å². The molecule has 1 heterocycles. The second kappa shape index (κ2) is 5.54. The summed E-state index contributed by atoms with van der Waals surface area (Å²) in [4.78, 5) is 0. The van der Waals surface area contributed by atoms with Crippen LogP contribution in [0, 0.1) is 11.6 Å². The molecule has 0 fully saturated rings. The zero-order valence-corrected chi connectivity index (χ0v) is 12.6. The highest BCUT2D eigenvalue weighted by Gasteiger charge is 2.20. The average Bonchev–Trinajstić information content (AvgIpc) is 2.77. The highest BCUT2D eigenvalue weighted by Crippen LogP contribution is 2.29. The monoisotopic (exact) mass is 349 g/mol. The molecule has 0 saturated carbocycles. The van der Waals surface area contributed by atoms with Gasteiger partial charge >= 0.3 is 0 Å². The molecular formula is C12H11BrClF2N3. The number of alkyl halides is 1. The van der Waals surface area contributed by atoms with Gasteiger partial charge in [-0.3, -0.25) is 0 Å². The fraction of sp³-hybridized carbons (Fsp3) is 0.333. The molecule has 2 aromatic rings. The van der Waals surface area contributed by atoms with Crippen molar-refractivity contribution in [3.63, 3.8) is 0 Å². The van der Waals surface area contributed by atoms with Crippen molar-refractivity contribution >= 4 is 27.5 Å². The van der Waals surface area contributed by atoms with Gasteiger partial charge in [0.25, 0.3) is 0 Å². The number of aromatic nitrogens is 3. The molecule has 2 rings (SSSR count). The third kappa shape index (κ3) is 2.65. The lowest BCUT2D eigenvalue weighted by molar-refractivity contribution is 0.575. The molecule has 3 nitrogen and oxygen atoms in total. The predicted molar refractivity (Wildman–Crippen MR) is 73.4 cm³/mol. The largest absolute Gasteiger partial charge is 0.308 e. The van der Waals surface area contributed by atoms with Crippen molar-refractivity contribution in [2.24, 2.45) is 0 Å². The molecule has 102 valence electrons. The summed E-state index contributed by atoms with van der Waals surface area (Å²) in [6, 6.07) is 2.01. The zero-order valence-electron chi connectivity index (χ0n) is 10.3. The van der Waals surface area contributed by atoms with Gasteiger partial charge in [-0.15, -0.1) is 10.2 Å². The molecule has 0 spiro atoms. The maximum absolute atomic E-state index is 13.9. The molecular weight excluding hydrogens is 340 g/mol. The molecule has 19 heavy (non-hydrogen) atoms. The predicted octanol–water partition coefficient (Wildman–Crippen LogP) is 4.35. The Morgan fingerprint density at radius 3 is 2.53 bits per heavy atom. The van der Waals surface area contributed by atoms with Gasteiger partial charge < -0.3 is 4.57 Å². The van der Waals surface area contributed by atoms with Gasteiger partial charge in [0.2, 0.25) is 0 Å². The minimum Gasteiger partial charge on any atom is -0.308 e. The van der Waals surface area contributed by atoms with Crippen LogP contribution in [-0.4, -0.2) is 14.8 Å². The van der Waals surface area contributed by atoms with Crippen LogP contribution in [-0.2, 0) is 5.33 Å². The maximum Gasteiger partial charge on any atom is 0.167 e. The van der Waals surface area contributed by atoms with Crippen molar-refractivity contribution < 1.29 is 8.78 Å². The van der Waals surface area contributed by atoms with E-state index >= 15 is 0 Å². The van der Waals surface area contributed by atoms with Crippen LogP contribution in [0.15, 0.2) is 12.1 Å². The first kappa shape index (κ1) is 14.4. The van der Waals surface area contributed by atoms with Gasteiger partial charge in [-0.1, -0.05) is 27.5 Å². The second-order valence-corrected chi connectivity index (χ2v) is 5.25. The Morgan fingerprint density at radius 2 is 1.95 bits per heavy atom. The van der Waals surface area contributed by atoms with E-state index in [4.69, 9.17) is 11.6 Å². The first-order valence-electron chi connectivity index (χ1n) is 5.60. The van der Waals surface area contributed by atoms with Crippen LogP contribution in [0.4, 0.5) is 8.78 Å². The summed E-state index contributed by atoms with van der Waals surface area (Å²) in [6.07, 6.45) is 0. The first-order valence-corrected chi connectivity index (χ1v) is 7.10. The summed E-state index contributed by atoms with van der Waals surface area (Å²) in [6.45, 7) is 3.84. The standard InChI is InChI=1S/C12H11BrClF2N3/c1-6(2)19-11(5-13)17-18-12(19)7-3-10(16)8(14)4-9(7)15/h3-4,6H,5H2,1-2H3. The Balaban J connectivity index is 2.65. The van der Waals surface area contributed by atoms with Crippen molar-refractivity contribution in [2.75, 3.05) is 0 Å². The molecule has 0 N–H and O–H groups in total. The lowest BCUT2D eigenvalue weighted by Crippen LogP contribution is -2.07. The molecule has 0 bridgehead atoms. The van der Waals surface area contributed by atoms with Crippen molar-refractivity contribution in [2.45, 2.75) is 25.2 Å². The van der Waals surface area contributed by atoms with Gasteiger partial charge in [0.15, 0.2) is 5.82 Å². The second-order valence-electron chi connectivity index (χ2n) is 4.28. The average molecular weight is 351 g/mol. The van der Waals surface area contributed by atoms with E-state index in [0.29, 0.717) is 11.2 Å². The lowest BCUT2D eigenvalue weighted by atomic mass is 10.2. The number of rotatable bonds is 3. The van der Waals surface area contributed by atoms with Gasteiger partial charge in [0, 0.05) is 6.04 Å². The Labute approximate surface area is 122 Å². The Hall–Kier alpha value is -1.01. The summed E-state index contributed by atoms with van der Waals surface area (Å²) < 4.78 is 29.2. The number of nitrogens with zero attached hydrogens (tertiary/aromatic N) is 3. The van der Waals surface area contributed by atoms with Crippen LogP contribution in [0.1, 0.15) is 25.7 Å². The molecule has 0 radical (unpaired) electrons. The normalized spacial score (nSPS) is 11.3. The lowest BCUT2D eigenvalue weighted by Gasteiger charge is -2.13. The van der Waals surface area contributed by atoms with E-state index in [1.54, 1.807) is 4.57 Å². The number of hydrogen-bond acceptors (Lipinski definition) is 2. The third-order valence-electron chi connectivity index (χ3n) is 2.65. The Morgan fingerprint density at radius 1 is 1.26 bits per heavy atom. The minimum absolute atomic E-state index is 0.0238. The van der Waals surface area contributed by atoms with Crippen molar-refractivity contribution in [1.82, 2.24) is 14.8 Å². The van der Waals surface area contributed by atoms with Gasteiger partial charge in [-0.05, 0) is 26.0 Å². The third-order valence-corrected chi connectivity index (χ3v) is 3.44. The molecule has 0 aliphatic rings. The summed E-state index contributed by atoms with van der Waals surface area (Å²) in [5.74, 6) is -0.365. The topological polar surface area (TPSA) is 30.7 Å². The smallest absolute Gasteiger partial charge is 0.167 e. The molecule has 0 unspecified atom stereocenters. The SMILES string of the molecule is CC(C)n1c(CBr)nnc1-c1cc(F)c(Cl)cc1F. The van der Waals surface area contributed by atoms with E-state index in [1.807, 2.05) is 13.8 Å². The highest BCUT2D eigenvalue weighted by atomic mass is 79.9.